The summed E-state index contributed by atoms with van der Waals surface area (Å²) in [7, 11) is 0. The van der Waals surface area contributed by atoms with Crippen LogP contribution in [0.2, 0.25) is 0 Å². The molecule has 3 aliphatic heterocycles. The first-order valence-corrected chi connectivity index (χ1v) is 6.87. The number of nitrogens with one attached hydrogen (secondary N) is 1. The Hall–Kier alpha value is 0.170. The smallest absolute Gasteiger partial charge is 0.0469 e. The standard InChI is InChI=1S/C13H24N2O.ClH/c1-7-16-8-2-12(1)9-15-6-4-13(11-15)3-5-14-10-13;/h12,14H,1-11H2;1H. The van der Waals surface area contributed by atoms with Crippen LogP contribution >= 0.6 is 12.4 Å². The van der Waals surface area contributed by atoms with Crippen molar-refractivity contribution in [1.29, 1.82) is 0 Å². The normalized spacial score (nSPS) is 35.3. The average Bonchev–Trinajstić information content (AvgIpc) is 2.92. The molecule has 4 heteroatoms. The van der Waals surface area contributed by atoms with Crippen LogP contribution in [0.3, 0.4) is 0 Å². The molecule has 1 N–H and O–H groups in total. The average molecular weight is 261 g/mol. The summed E-state index contributed by atoms with van der Waals surface area (Å²) in [6.45, 7) is 8.49. The molecule has 3 heterocycles. The Morgan fingerprint density at radius 1 is 1.24 bits per heavy atom. The van der Waals surface area contributed by atoms with Crippen molar-refractivity contribution < 1.29 is 4.74 Å². The SMILES string of the molecule is C1CC2(CCN(CC3CCOCC3)C2)CN1.Cl. The highest BCUT2D eigenvalue weighted by Gasteiger charge is 2.40. The zero-order valence-electron chi connectivity index (χ0n) is 10.6. The lowest BCUT2D eigenvalue weighted by molar-refractivity contribution is 0.0542. The quantitative estimate of drug-likeness (QED) is 0.815. The Labute approximate surface area is 111 Å². The Morgan fingerprint density at radius 2 is 2.06 bits per heavy atom. The van der Waals surface area contributed by atoms with Crippen LogP contribution in [0, 0.1) is 11.3 Å². The summed E-state index contributed by atoms with van der Waals surface area (Å²) >= 11 is 0. The number of hydrogen-bond acceptors (Lipinski definition) is 3. The van der Waals surface area contributed by atoms with E-state index in [0.717, 1.165) is 19.1 Å². The van der Waals surface area contributed by atoms with Crippen molar-refractivity contribution in [3.63, 3.8) is 0 Å². The maximum Gasteiger partial charge on any atom is 0.0469 e. The number of rotatable bonds is 2. The van der Waals surface area contributed by atoms with Gasteiger partial charge in [-0.05, 0) is 50.1 Å². The molecular formula is C13H25ClN2O. The first-order chi connectivity index (χ1) is 7.86. The molecule has 1 unspecified atom stereocenters. The minimum atomic E-state index is 0. The van der Waals surface area contributed by atoms with E-state index in [1.165, 1.54) is 58.4 Å². The summed E-state index contributed by atoms with van der Waals surface area (Å²) in [5.41, 5.74) is 0.644. The van der Waals surface area contributed by atoms with E-state index in [1.807, 2.05) is 0 Å². The van der Waals surface area contributed by atoms with Gasteiger partial charge in [0, 0.05) is 32.8 Å². The first-order valence-electron chi connectivity index (χ1n) is 6.87. The second-order valence-electron chi connectivity index (χ2n) is 5.97. The zero-order valence-corrected chi connectivity index (χ0v) is 11.4. The molecule has 1 spiro atoms. The van der Waals surface area contributed by atoms with E-state index in [0.29, 0.717) is 5.41 Å². The molecule has 3 fully saturated rings. The Balaban J connectivity index is 0.00000108. The van der Waals surface area contributed by atoms with E-state index >= 15 is 0 Å². The first kappa shape index (κ1) is 13.6. The van der Waals surface area contributed by atoms with Gasteiger partial charge in [0.05, 0.1) is 0 Å². The molecule has 100 valence electrons. The number of hydrogen-bond donors (Lipinski definition) is 1. The van der Waals surface area contributed by atoms with E-state index in [9.17, 15) is 0 Å². The van der Waals surface area contributed by atoms with Crippen molar-refractivity contribution in [2.24, 2.45) is 11.3 Å². The molecule has 0 aliphatic carbocycles. The molecule has 1 atom stereocenters. The van der Waals surface area contributed by atoms with Crippen molar-refractivity contribution in [2.45, 2.75) is 25.7 Å². The highest BCUT2D eigenvalue weighted by atomic mass is 35.5. The highest BCUT2D eigenvalue weighted by Crippen LogP contribution is 2.36. The summed E-state index contributed by atoms with van der Waals surface area (Å²) in [4.78, 5) is 2.71. The van der Waals surface area contributed by atoms with Gasteiger partial charge in [0.25, 0.3) is 0 Å². The van der Waals surface area contributed by atoms with E-state index in [4.69, 9.17) is 4.74 Å². The minimum Gasteiger partial charge on any atom is -0.381 e. The third kappa shape index (κ3) is 3.14. The monoisotopic (exact) mass is 260 g/mol. The van der Waals surface area contributed by atoms with Crippen LogP contribution in [0.25, 0.3) is 0 Å². The van der Waals surface area contributed by atoms with Crippen molar-refractivity contribution >= 4 is 12.4 Å². The van der Waals surface area contributed by atoms with Crippen molar-refractivity contribution in [3.05, 3.63) is 0 Å². The lowest BCUT2D eigenvalue weighted by Crippen LogP contribution is -2.34. The molecule has 0 saturated carbocycles. The summed E-state index contributed by atoms with van der Waals surface area (Å²) in [5, 5.41) is 3.53. The molecule has 3 rings (SSSR count). The number of likely N-dealkylation sites (tertiary alicyclic amines) is 1. The third-order valence-corrected chi connectivity index (χ3v) is 4.71. The number of nitrogens with zero attached hydrogens (tertiary/aromatic N) is 1. The van der Waals surface area contributed by atoms with Gasteiger partial charge in [-0.1, -0.05) is 0 Å². The van der Waals surface area contributed by atoms with Gasteiger partial charge in [-0.2, -0.15) is 0 Å². The van der Waals surface area contributed by atoms with Gasteiger partial charge >= 0.3 is 0 Å². The van der Waals surface area contributed by atoms with E-state index < -0.39 is 0 Å². The summed E-state index contributed by atoms with van der Waals surface area (Å²) < 4.78 is 5.43. The second-order valence-corrected chi connectivity index (χ2v) is 5.97. The Bertz CT molecular complexity index is 238. The van der Waals surface area contributed by atoms with Gasteiger partial charge in [-0.15, -0.1) is 12.4 Å². The second kappa shape index (κ2) is 5.87. The Kier molecular flexibility index (Phi) is 4.70. The molecule has 0 bridgehead atoms. The number of ether oxygens (including phenoxy) is 1. The van der Waals surface area contributed by atoms with E-state index in [-0.39, 0.29) is 12.4 Å². The summed E-state index contributed by atoms with van der Waals surface area (Å²) in [5.74, 6) is 0.901. The highest BCUT2D eigenvalue weighted by molar-refractivity contribution is 5.85. The molecular weight excluding hydrogens is 236 g/mol. The van der Waals surface area contributed by atoms with Crippen molar-refractivity contribution in [2.75, 3.05) is 45.9 Å². The van der Waals surface area contributed by atoms with Gasteiger partial charge in [0.2, 0.25) is 0 Å². The molecule has 17 heavy (non-hydrogen) atoms. The van der Waals surface area contributed by atoms with Gasteiger partial charge in [0.1, 0.15) is 0 Å². The van der Waals surface area contributed by atoms with Gasteiger partial charge < -0.3 is 15.0 Å². The fourth-order valence-electron chi connectivity index (χ4n) is 3.62. The molecule has 0 aromatic carbocycles. The van der Waals surface area contributed by atoms with Crippen LogP contribution < -0.4 is 5.32 Å². The maximum absolute atomic E-state index is 5.43. The number of halogens is 1. The largest absolute Gasteiger partial charge is 0.381 e. The third-order valence-electron chi connectivity index (χ3n) is 4.71. The maximum atomic E-state index is 5.43. The van der Waals surface area contributed by atoms with Crippen LogP contribution in [0.4, 0.5) is 0 Å². The summed E-state index contributed by atoms with van der Waals surface area (Å²) in [6, 6.07) is 0. The molecule has 3 aliphatic rings. The van der Waals surface area contributed by atoms with Crippen LogP contribution in [-0.4, -0.2) is 50.8 Å². The van der Waals surface area contributed by atoms with Crippen LogP contribution in [0.15, 0.2) is 0 Å². The predicted octanol–water partition coefficient (Wildman–Crippen LogP) is 1.52. The van der Waals surface area contributed by atoms with Gasteiger partial charge in [0.15, 0.2) is 0 Å². The van der Waals surface area contributed by atoms with Crippen LogP contribution in [0.1, 0.15) is 25.7 Å². The molecule has 0 aromatic rings. The van der Waals surface area contributed by atoms with Crippen LogP contribution in [-0.2, 0) is 4.74 Å². The molecule has 3 saturated heterocycles. The minimum absolute atomic E-state index is 0. The Morgan fingerprint density at radius 3 is 2.76 bits per heavy atom. The predicted molar refractivity (Wildman–Crippen MR) is 71.8 cm³/mol. The van der Waals surface area contributed by atoms with E-state index in [1.54, 1.807) is 0 Å². The summed E-state index contributed by atoms with van der Waals surface area (Å²) in [6.07, 6.45) is 5.38. The van der Waals surface area contributed by atoms with Crippen molar-refractivity contribution in [1.82, 2.24) is 10.2 Å². The topological polar surface area (TPSA) is 24.5 Å². The zero-order chi connectivity index (χ0) is 10.8. The van der Waals surface area contributed by atoms with Gasteiger partial charge in [-0.25, -0.2) is 0 Å². The molecule has 0 aromatic heterocycles. The lowest BCUT2D eigenvalue weighted by Gasteiger charge is -2.28. The lowest BCUT2D eigenvalue weighted by atomic mass is 9.86. The van der Waals surface area contributed by atoms with Gasteiger partial charge in [-0.3, -0.25) is 0 Å². The molecule has 0 amide bonds. The van der Waals surface area contributed by atoms with Crippen LogP contribution in [0.5, 0.6) is 0 Å². The van der Waals surface area contributed by atoms with E-state index in [2.05, 4.69) is 10.2 Å². The molecule has 0 radical (unpaired) electrons. The molecule has 3 nitrogen and oxygen atoms in total. The van der Waals surface area contributed by atoms with Crippen molar-refractivity contribution in [3.8, 4) is 0 Å². The fraction of sp³-hybridized carbons (Fsp3) is 1.00. The fourth-order valence-corrected chi connectivity index (χ4v) is 3.62.